The number of hydrogen-bond donors (Lipinski definition) is 0. The summed E-state index contributed by atoms with van der Waals surface area (Å²) < 4.78 is 10.1. The minimum Gasteiger partial charge on any atom is -0.460 e. The highest BCUT2D eigenvalue weighted by molar-refractivity contribution is 5.66. The highest BCUT2D eigenvalue weighted by atomic mass is 16.6. The molecule has 10 heavy (non-hydrogen) atoms. The molecule has 0 amide bonds. The van der Waals surface area contributed by atoms with Gasteiger partial charge in [0.1, 0.15) is 6.10 Å². The van der Waals surface area contributed by atoms with E-state index in [4.69, 9.17) is 9.47 Å². The van der Waals surface area contributed by atoms with Crippen molar-refractivity contribution in [3.05, 3.63) is 0 Å². The molecule has 0 aliphatic carbocycles. The molecule has 1 saturated heterocycles. The predicted octanol–water partition coefficient (Wildman–Crippen LogP) is 0.727. The Balaban J connectivity index is 2.33. The van der Waals surface area contributed by atoms with Crippen molar-refractivity contribution in [3.8, 4) is 0 Å². The molecule has 1 rings (SSSR count). The van der Waals surface area contributed by atoms with Crippen LogP contribution in [0.3, 0.4) is 0 Å². The number of carbonyl (C=O) groups excluding carboxylic acids is 1. The maximum absolute atomic E-state index is 10.5. The summed E-state index contributed by atoms with van der Waals surface area (Å²) in [6.07, 6.45) is 0.891. The first kappa shape index (κ1) is 7.54. The Kier molecular flexibility index (Phi) is 2.27. The molecule has 1 aliphatic rings. The normalized spacial score (nSPS) is 32.2. The first-order chi connectivity index (χ1) is 4.70. The topological polar surface area (TPSA) is 35.5 Å². The number of hydrogen-bond acceptors (Lipinski definition) is 3. The van der Waals surface area contributed by atoms with Crippen LogP contribution in [0.4, 0.5) is 0 Å². The highest BCUT2D eigenvalue weighted by Crippen LogP contribution is 2.15. The Morgan fingerprint density at radius 3 is 2.80 bits per heavy atom. The van der Waals surface area contributed by atoms with Crippen molar-refractivity contribution < 1.29 is 14.3 Å². The van der Waals surface area contributed by atoms with Gasteiger partial charge in [0.05, 0.1) is 12.7 Å². The lowest BCUT2D eigenvalue weighted by molar-refractivity contribution is -0.148. The van der Waals surface area contributed by atoms with Gasteiger partial charge in [-0.15, -0.1) is 0 Å². The maximum atomic E-state index is 10.5. The monoisotopic (exact) mass is 144 g/mol. The van der Waals surface area contributed by atoms with Crippen LogP contribution in [-0.2, 0) is 14.3 Å². The highest BCUT2D eigenvalue weighted by Gasteiger charge is 2.26. The van der Waals surface area contributed by atoms with Crippen LogP contribution >= 0.6 is 0 Å². The number of ether oxygens (including phenoxy) is 2. The minimum atomic E-state index is -0.220. The third-order valence-electron chi connectivity index (χ3n) is 1.62. The third kappa shape index (κ3) is 1.70. The maximum Gasteiger partial charge on any atom is 0.302 e. The Bertz CT molecular complexity index is 133. The SMILES string of the molecule is CC(=O)O[C@@H]1CCOC1C. The second-order valence-corrected chi connectivity index (χ2v) is 2.51. The van der Waals surface area contributed by atoms with Crippen LogP contribution < -0.4 is 0 Å². The van der Waals surface area contributed by atoms with Crippen LogP contribution in [0.5, 0.6) is 0 Å². The molecule has 3 heteroatoms. The first-order valence-corrected chi connectivity index (χ1v) is 3.49. The van der Waals surface area contributed by atoms with Gasteiger partial charge in [0.25, 0.3) is 0 Å². The van der Waals surface area contributed by atoms with Gasteiger partial charge in [0.15, 0.2) is 0 Å². The van der Waals surface area contributed by atoms with E-state index < -0.39 is 0 Å². The molecule has 2 atom stereocenters. The van der Waals surface area contributed by atoms with E-state index in [-0.39, 0.29) is 18.2 Å². The van der Waals surface area contributed by atoms with E-state index in [2.05, 4.69) is 0 Å². The van der Waals surface area contributed by atoms with Gasteiger partial charge in [-0.2, -0.15) is 0 Å². The smallest absolute Gasteiger partial charge is 0.302 e. The third-order valence-corrected chi connectivity index (χ3v) is 1.62. The van der Waals surface area contributed by atoms with E-state index in [1.165, 1.54) is 6.92 Å². The summed E-state index contributed by atoms with van der Waals surface area (Å²) in [5, 5.41) is 0. The molecule has 3 nitrogen and oxygen atoms in total. The molecule has 1 unspecified atom stereocenters. The Labute approximate surface area is 60.3 Å². The quantitative estimate of drug-likeness (QED) is 0.509. The van der Waals surface area contributed by atoms with E-state index >= 15 is 0 Å². The predicted molar refractivity (Wildman–Crippen MR) is 35.6 cm³/mol. The van der Waals surface area contributed by atoms with Gasteiger partial charge in [-0.1, -0.05) is 0 Å². The molecule has 1 aliphatic heterocycles. The van der Waals surface area contributed by atoms with E-state index in [1.807, 2.05) is 6.92 Å². The Hall–Kier alpha value is -0.570. The number of rotatable bonds is 1. The summed E-state index contributed by atoms with van der Waals surface area (Å²) in [5.74, 6) is -0.220. The van der Waals surface area contributed by atoms with Crippen molar-refractivity contribution >= 4 is 5.97 Å². The summed E-state index contributed by atoms with van der Waals surface area (Å²) in [6.45, 7) is 4.05. The Morgan fingerprint density at radius 2 is 2.40 bits per heavy atom. The fourth-order valence-electron chi connectivity index (χ4n) is 1.08. The molecular weight excluding hydrogens is 132 g/mol. The van der Waals surface area contributed by atoms with Gasteiger partial charge >= 0.3 is 5.97 Å². The van der Waals surface area contributed by atoms with Crippen molar-refractivity contribution in [2.45, 2.75) is 32.5 Å². The van der Waals surface area contributed by atoms with E-state index in [9.17, 15) is 4.79 Å². The first-order valence-electron chi connectivity index (χ1n) is 3.49. The zero-order valence-corrected chi connectivity index (χ0v) is 6.29. The molecule has 0 radical (unpaired) electrons. The molecule has 0 aromatic carbocycles. The number of esters is 1. The average Bonchev–Trinajstić information content (AvgIpc) is 2.15. The zero-order valence-electron chi connectivity index (χ0n) is 6.29. The second-order valence-electron chi connectivity index (χ2n) is 2.51. The summed E-state index contributed by atoms with van der Waals surface area (Å²) in [6, 6.07) is 0. The van der Waals surface area contributed by atoms with Gasteiger partial charge in [0, 0.05) is 13.3 Å². The summed E-state index contributed by atoms with van der Waals surface area (Å²) in [7, 11) is 0. The zero-order chi connectivity index (χ0) is 7.56. The largest absolute Gasteiger partial charge is 0.460 e. The van der Waals surface area contributed by atoms with Crippen molar-refractivity contribution in [2.24, 2.45) is 0 Å². The molecule has 0 N–H and O–H groups in total. The van der Waals surface area contributed by atoms with E-state index in [0.717, 1.165) is 6.42 Å². The molecule has 1 fully saturated rings. The molecule has 0 saturated carbocycles. The lowest BCUT2D eigenvalue weighted by Gasteiger charge is -2.12. The van der Waals surface area contributed by atoms with Crippen molar-refractivity contribution in [1.29, 1.82) is 0 Å². The lowest BCUT2D eigenvalue weighted by atomic mass is 10.2. The van der Waals surface area contributed by atoms with Crippen molar-refractivity contribution in [2.75, 3.05) is 6.61 Å². The van der Waals surface area contributed by atoms with Gasteiger partial charge in [-0.05, 0) is 6.92 Å². The summed E-state index contributed by atoms with van der Waals surface area (Å²) >= 11 is 0. The van der Waals surface area contributed by atoms with Gasteiger partial charge in [-0.3, -0.25) is 4.79 Å². The average molecular weight is 144 g/mol. The van der Waals surface area contributed by atoms with Crippen LogP contribution in [0.15, 0.2) is 0 Å². The van der Waals surface area contributed by atoms with Crippen molar-refractivity contribution in [3.63, 3.8) is 0 Å². The molecule has 1 heterocycles. The molecular formula is C7H12O3. The standard InChI is InChI=1S/C7H12O3/c1-5-7(3-4-9-5)10-6(2)8/h5,7H,3-4H2,1-2H3/t5?,7-/m1/s1. The van der Waals surface area contributed by atoms with Gasteiger partial charge in [0.2, 0.25) is 0 Å². The van der Waals surface area contributed by atoms with Crippen molar-refractivity contribution in [1.82, 2.24) is 0 Å². The van der Waals surface area contributed by atoms with Gasteiger partial charge in [-0.25, -0.2) is 0 Å². The Morgan fingerprint density at radius 1 is 1.70 bits per heavy atom. The molecule has 0 bridgehead atoms. The molecule has 58 valence electrons. The van der Waals surface area contributed by atoms with E-state index in [1.54, 1.807) is 0 Å². The minimum absolute atomic E-state index is 0.0162. The summed E-state index contributed by atoms with van der Waals surface area (Å²) in [5.41, 5.74) is 0. The number of carbonyl (C=O) groups is 1. The molecule has 0 aromatic heterocycles. The van der Waals surface area contributed by atoms with Crippen LogP contribution in [0.25, 0.3) is 0 Å². The van der Waals surface area contributed by atoms with E-state index in [0.29, 0.717) is 6.61 Å². The fraction of sp³-hybridized carbons (Fsp3) is 0.857. The molecule has 0 spiro atoms. The van der Waals surface area contributed by atoms with Crippen LogP contribution in [-0.4, -0.2) is 24.8 Å². The lowest BCUT2D eigenvalue weighted by Crippen LogP contribution is -2.23. The fourth-order valence-corrected chi connectivity index (χ4v) is 1.08. The molecule has 0 aromatic rings. The van der Waals surface area contributed by atoms with Crippen LogP contribution in [0.1, 0.15) is 20.3 Å². The van der Waals surface area contributed by atoms with Crippen LogP contribution in [0, 0.1) is 0 Å². The summed E-state index contributed by atoms with van der Waals surface area (Å²) in [4.78, 5) is 10.5. The van der Waals surface area contributed by atoms with Crippen LogP contribution in [0.2, 0.25) is 0 Å². The second kappa shape index (κ2) is 3.01. The van der Waals surface area contributed by atoms with Gasteiger partial charge < -0.3 is 9.47 Å².